The molecule has 2 aromatic rings. The van der Waals surface area contributed by atoms with Gasteiger partial charge in [0.1, 0.15) is 15.8 Å². The van der Waals surface area contributed by atoms with Crippen LogP contribution < -0.4 is 0 Å². The van der Waals surface area contributed by atoms with Crippen molar-refractivity contribution in [2.24, 2.45) is 0 Å². The lowest BCUT2D eigenvalue weighted by Crippen LogP contribution is -2.35. The second-order valence-corrected chi connectivity index (χ2v) is 8.11. The number of nitro benzene ring substituents is 1. The third-order valence-electron chi connectivity index (χ3n) is 4.53. The van der Waals surface area contributed by atoms with Crippen molar-refractivity contribution in [2.75, 3.05) is 13.2 Å². The van der Waals surface area contributed by atoms with E-state index in [0.29, 0.717) is 32.9 Å². The molecule has 0 aliphatic carbocycles. The third-order valence-corrected chi connectivity index (χ3v) is 5.90. The van der Waals surface area contributed by atoms with E-state index < -0.39 is 4.92 Å². The highest BCUT2D eigenvalue weighted by molar-refractivity contribution is 8.26. The fourth-order valence-electron chi connectivity index (χ4n) is 3.14. The predicted molar refractivity (Wildman–Crippen MR) is 110 cm³/mol. The number of nitrogens with zero attached hydrogens (tertiary/aromatic N) is 2. The summed E-state index contributed by atoms with van der Waals surface area (Å²) in [5.74, 6) is 0.822. The normalized spacial score (nSPS) is 21.1. The molecule has 0 spiro atoms. The molecule has 0 unspecified atom stereocenters. The Kier molecular flexibility index (Phi) is 5.29. The predicted octanol–water partition coefficient (Wildman–Crippen LogP) is 4.24. The maximum absolute atomic E-state index is 12.7. The molecular formula is C19H16N2O5S2. The van der Waals surface area contributed by atoms with Crippen molar-refractivity contribution >= 4 is 46.0 Å². The molecule has 2 fully saturated rings. The zero-order valence-corrected chi connectivity index (χ0v) is 16.3. The van der Waals surface area contributed by atoms with Gasteiger partial charge in [-0.1, -0.05) is 36.1 Å². The van der Waals surface area contributed by atoms with Crippen molar-refractivity contribution in [2.45, 2.75) is 18.9 Å². The first-order valence-corrected chi connectivity index (χ1v) is 9.95. The van der Waals surface area contributed by atoms with Gasteiger partial charge in [0.15, 0.2) is 0 Å². The smallest absolute Gasteiger partial charge is 0.270 e. The number of thiocarbonyl (C=S) groups is 1. The van der Waals surface area contributed by atoms with E-state index in [4.69, 9.17) is 21.4 Å². The van der Waals surface area contributed by atoms with Crippen molar-refractivity contribution in [1.82, 2.24) is 4.90 Å². The molecule has 0 N–H and O–H groups in total. The Hall–Kier alpha value is -2.49. The highest BCUT2D eigenvalue weighted by atomic mass is 32.2. The fraction of sp³-hybridized carbons (Fsp3) is 0.263. The van der Waals surface area contributed by atoms with Crippen LogP contribution in [0.15, 0.2) is 45.7 Å². The number of rotatable bonds is 5. The molecule has 1 amide bonds. The number of benzene rings is 1. The molecule has 144 valence electrons. The highest BCUT2D eigenvalue weighted by Crippen LogP contribution is 2.34. The number of hydrogen-bond acceptors (Lipinski definition) is 7. The number of amides is 1. The Morgan fingerprint density at radius 3 is 2.96 bits per heavy atom. The Morgan fingerprint density at radius 1 is 1.36 bits per heavy atom. The summed E-state index contributed by atoms with van der Waals surface area (Å²) < 4.78 is 11.9. The van der Waals surface area contributed by atoms with Crippen LogP contribution in [0.25, 0.3) is 17.4 Å². The van der Waals surface area contributed by atoms with Crippen LogP contribution in [0.4, 0.5) is 5.69 Å². The van der Waals surface area contributed by atoms with E-state index in [9.17, 15) is 14.9 Å². The van der Waals surface area contributed by atoms with Crippen LogP contribution in [-0.4, -0.2) is 39.3 Å². The standard InChI is InChI=1S/C19H16N2O5S2/c22-18-17(28-19(27)20(18)11-15-5-2-8-25-15)10-14-6-7-16(26-14)12-3-1-4-13(9-12)21(23)24/h1,3-4,6-7,9-10,15H,2,5,8,11H2/b17-10-/t15-/m1/s1. The molecule has 7 nitrogen and oxygen atoms in total. The third kappa shape index (κ3) is 3.87. The number of hydrogen-bond donors (Lipinski definition) is 0. The molecule has 4 rings (SSSR count). The van der Waals surface area contributed by atoms with Crippen LogP contribution in [0.1, 0.15) is 18.6 Å². The average molecular weight is 416 g/mol. The number of non-ortho nitro benzene ring substituents is 1. The lowest BCUT2D eigenvalue weighted by atomic mass is 10.1. The maximum Gasteiger partial charge on any atom is 0.270 e. The largest absolute Gasteiger partial charge is 0.457 e. The van der Waals surface area contributed by atoms with Crippen molar-refractivity contribution < 1.29 is 18.9 Å². The lowest BCUT2D eigenvalue weighted by Gasteiger charge is -2.18. The number of nitro groups is 1. The molecule has 3 heterocycles. The number of ether oxygens (including phenoxy) is 1. The van der Waals surface area contributed by atoms with E-state index in [1.54, 1.807) is 35.2 Å². The van der Waals surface area contributed by atoms with Gasteiger partial charge in [-0.2, -0.15) is 0 Å². The molecule has 2 saturated heterocycles. The average Bonchev–Trinajstić information content (AvgIpc) is 3.41. The van der Waals surface area contributed by atoms with Crippen LogP contribution in [-0.2, 0) is 9.53 Å². The molecular weight excluding hydrogens is 400 g/mol. The molecule has 28 heavy (non-hydrogen) atoms. The number of furan rings is 1. The number of carbonyl (C=O) groups excluding carboxylic acids is 1. The van der Waals surface area contributed by atoms with E-state index in [-0.39, 0.29) is 17.7 Å². The number of carbonyl (C=O) groups is 1. The lowest BCUT2D eigenvalue weighted by molar-refractivity contribution is -0.384. The fourth-order valence-corrected chi connectivity index (χ4v) is 4.39. The molecule has 2 aliphatic rings. The summed E-state index contributed by atoms with van der Waals surface area (Å²) in [7, 11) is 0. The Morgan fingerprint density at radius 2 is 2.21 bits per heavy atom. The Bertz CT molecular complexity index is 978. The van der Waals surface area contributed by atoms with Crippen LogP contribution in [0.2, 0.25) is 0 Å². The van der Waals surface area contributed by atoms with Gasteiger partial charge in [-0.15, -0.1) is 0 Å². The Balaban J connectivity index is 1.52. The highest BCUT2D eigenvalue weighted by Gasteiger charge is 2.34. The van der Waals surface area contributed by atoms with Gasteiger partial charge in [0.25, 0.3) is 11.6 Å². The van der Waals surface area contributed by atoms with E-state index in [1.807, 2.05) is 0 Å². The first-order valence-electron chi connectivity index (χ1n) is 8.73. The first kappa shape index (κ1) is 18.9. The van der Waals surface area contributed by atoms with E-state index in [2.05, 4.69) is 0 Å². The minimum absolute atomic E-state index is 0.00884. The zero-order chi connectivity index (χ0) is 19.7. The van der Waals surface area contributed by atoms with Crippen LogP contribution in [0, 0.1) is 10.1 Å². The van der Waals surface area contributed by atoms with E-state index in [1.165, 1.54) is 23.9 Å². The quantitative estimate of drug-likeness (QED) is 0.312. The molecule has 0 saturated carbocycles. The first-order chi connectivity index (χ1) is 13.5. The molecule has 1 aromatic carbocycles. The summed E-state index contributed by atoms with van der Waals surface area (Å²) in [6.45, 7) is 1.20. The molecule has 0 bridgehead atoms. The summed E-state index contributed by atoms with van der Waals surface area (Å²) in [6.07, 6.45) is 3.62. The van der Waals surface area contributed by atoms with Gasteiger partial charge in [-0.3, -0.25) is 19.8 Å². The van der Waals surface area contributed by atoms with Crippen molar-refractivity contribution in [3.05, 3.63) is 57.2 Å². The van der Waals surface area contributed by atoms with Gasteiger partial charge in [0.2, 0.25) is 0 Å². The van der Waals surface area contributed by atoms with Gasteiger partial charge in [0, 0.05) is 30.4 Å². The van der Waals surface area contributed by atoms with E-state index >= 15 is 0 Å². The van der Waals surface area contributed by atoms with Crippen molar-refractivity contribution in [3.8, 4) is 11.3 Å². The minimum atomic E-state index is -0.452. The summed E-state index contributed by atoms with van der Waals surface area (Å²) in [4.78, 5) is 25.2. The summed E-state index contributed by atoms with van der Waals surface area (Å²) in [5, 5.41) is 10.9. The molecule has 1 atom stereocenters. The minimum Gasteiger partial charge on any atom is -0.457 e. The van der Waals surface area contributed by atoms with Crippen molar-refractivity contribution in [3.63, 3.8) is 0 Å². The summed E-state index contributed by atoms with van der Waals surface area (Å²) >= 11 is 6.58. The molecule has 0 radical (unpaired) electrons. The van der Waals surface area contributed by atoms with Gasteiger partial charge in [-0.05, 0) is 25.0 Å². The molecule has 1 aromatic heterocycles. The van der Waals surface area contributed by atoms with Crippen LogP contribution in [0.3, 0.4) is 0 Å². The van der Waals surface area contributed by atoms with Crippen LogP contribution >= 0.6 is 24.0 Å². The Labute approximate surface area is 170 Å². The SMILES string of the molecule is O=C1/C(=C/c2ccc(-c3cccc([N+](=O)[O-])c3)o2)SC(=S)N1C[C@H]1CCCO1. The van der Waals surface area contributed by atoms with Gasteiger partial charge in [0.05, 0.1) is 22.5 Å². The van der Waals surface area contributed by atoms with Gasteiger partial charge >= 0.3 is 0 Å². The molecule has 2 aliphatic heterocycles. The van der Waals surface area contributed by atoms with E-state index in [0.717, 1.165) is 19.4 Å². The van der Waals surface area contributed by atoms with Crippen LogP contribution in [0.5, 0.6) is 0 Å². The monoisotopic (exact) mass is 416 g/mol. The maximum atomic E-state index is 12.7. The summed E-state index contributed by atoms with van der Waals surface area (Å²) in [6, 6.07) is 9.65. The van der Waals surface area contributed by atoms with Crippen molar-refractivity contribution in [1.29, 1.82) is 0 Å². The topological polar surface area (TPSA) is 85.8 Å². The van der Waals surface area contributed by atoms with Gasteiger partial charge in [-0.25, -0.2) is 0 Å². The van der Waals surface area contributed by atoms with Gasteiger partial charge < -0.3 is 9.15 Å². The number of thioether (sulfide) groups is 1. The summed E-state index contributed by atoms with van der Waals surface area (Å²) in [5.41, 5.74) is 0.588. The second-order valence-electron chi connectivity index (χ2n) is 6.44. The second kappa shape index (κ2) is 7.86. The molecule has 9 heteroatoms. The zero-order valence-electron chi connectivity index (χ0n) is 14.7.